The van der Waals surface area contributed by atoms with Gasteiger partial charge in [-0.25, -0.2) is 4.68 Å². The highest BCUT2D eigenvalue weighted by Gasteiger charge is 2.09. The van der Waals surface area contributed by atoms with Crippen LogP contribution in [0.25, 0.3) is 5.69 Å². The van der Waals surface area contributed by atoms with E-state index in [1.807, 2.05) is 62.5 Å². The van der Waals surface area contributed by atoms with Crippen molar-refractivity contribution in [2.45, 2.75) is 13.8 Å². The molecule has 24 heavy (non-hydrogen) atoms. The Morgan fingerprint density at radius 3 is 2.79 bits per heavy atom. The van der Waals surface area contributed by atoms with Crippen LogP contribution in [0.1, 0.15) is 22.8 Å². The van der Waals surface area contributed by atoms with Crippen LogP contribution in [-0.2, 0) is 0 Å². The van der Waals surface area contributed by atoms with Gasteiger partial charge in [0.15, 0.2) is 0 Å². The number of hydrogen-bond donors (Lipinski definition) is 1. The summed E-state index contributed by atoms with van der Waals surface area (Å²) in [6, 6.07) is 14.8. The van der Waals surface area contributed by atoms with Gasteiger partial charge in [0, 0.05) is 23.6 Å². The Labute approximate surface area is 140 Å². The van der Waals surface area contributed by atoms with Gasteiger partial charge in [0.25, 0.3) is 5.91 Å². The SMILES string of the molecule is CCOc1ccc(NC(=O)c2cccc(-n3cccn3)c2)cc1C. The van der Waals surface area contributed by atoms with Crippen LogP contribution in [0.2, 0.25) is 0 Å². The van der Waals surface area contributed by atoms with Gasteiger partial charge in [0.1, 0.15) is 5.75 Å². The van der Waals surface area contributed by atoms with Crippen molar-refractivity contribution in [3.05, 3.63) is 72.1 Å². The molecule has 0 bridgehead atoms. The molecule has 0 aliphatic rings. The van der Waals surface area contributed by atoms with Gasteiger partial charge in [-0.1, -0.05) is 6.07 Å². The fraction of sp³-hybridized carbons (Fsp3) is 0.158. The molecule has 0 saturated carbocycles. The third-order valence-electron chi connectivity index (χ3n) is 3.61. The van der Waals surface area contributed by atoms with Gasteiger partial charge >= 0.3 is 0 Å². The van der Waals surface area contributed by atoms with E-state index >= 15 is 0 Å². The van der Waals surface area contributed by atoms with Crippen molar-refractivity contribution in [1.82, 2.24) is 9.78 Å². The van der Waals surface area contributed by atoms with E-state index in [0.29, 0.717) is 12.2 Å². The smallest absolute Gasteiger partial charge is 0.255 e. The maximum Gasteiger partial charge on any atom is 0.255 e. The van der Waals surface area contributed by atoms with Crippen molar-refractivity contribution >= 4 is 11.6 Å². The summed E-state index contributed by atoms with van der Waals surface area (Å²) in [7, 11) is 0. The van der Waals surface area contributed by atoms with Crippen molar-refractivity contribution < 1.29 is 9.53 Å². The molecule has 1 N–H and O–H groups in total. The van der Waals surface area contributed by atoms with Crippen LogP contribution < -0.4 is 10.1 Å². The molecular formula is C19H19N3O2. The van der Waals surface area contributed by atoms with Crippen molar-refractivity contribution in [2.24, 2.45) is 0 Å². The average Bonchev–Trinajstić information content (AvgIpc) is 3.12. The highest BCUT2D eigenvalue weighted by Crippen LogP contribution is 2.22. The Morgan fingerprint density at radius 1 is 1.21 bits per heavy atom. The number of amides is 1. The molecule has 0 aliphatic carbocycles. The zero-order valence-corrected chi connectivity index (χ0v) is 13.7. The number of hydrogen-bond acceptors (Lipinski definition) is 3. The average molecular weight is 321 g/mol. The number of nitrogens with one attached hydrogen (secondary N) is 1. The van der Waals surface area contributed by atoms with Gasteiger partial charge in [-0.2, -0.15) is 5.10 Å². The third-order valence-corrected chi connectivity index (χ3v) is 3.61. The van der Waals surface area contributed by atoms with Crippen LogP contribution in [0.5, 0.6) is 5.75 Å². The molecule has 122 valence electrons. The van der Waals surface area contributed by atoms with Crippen LogP contribution in [0.3, 0.4) is 0 Å². The van der Waals surface area contributed by atoms with Gasteiger partial charge < -0.3 is 10.1 Å². The van der Waals surface area contributed by atoms with Crippen LogP contribution in [0, 0.1) is 6.92 Å². The lowest BCUT2D eigenvalue weighted by Crippen LogP contribution is -2.12. The van der Waals surface area contributed by atoms with Crippen LogP contribution in [0.4, 0.5) is 5.69 Å². The molecule has 0 saturated heterocycles. The van der Waals surface area contributed by atoms with Gasteiger partial charge in [0.05, 0.1) is 12.3 Å². The number of carbonyl (C=O) groups excluding carboxylic acids is 1. The van der Waals surface area contributed by atoms with Crippen LogP contribution >= 0.6 is 0 Å². The molecule has 0 aliphatic heterocycles. The van der Waals surface area contributed by atoms with Gasteiger partial charge in [-0.05, 0) is 61.9 Å². The van der Waals surface area contributed by atoms with E-state index in [1.54, 1.807) is 16.9 Å². The number of anilines is 1. The summed E-state index contributed by atoms with van der Waals surface area (Å²) >= 11 is 0. The number of aryl methyl sites for hydroxylation is 1. The molecule has 1 amide bonds. The van der Waals surface area contributed by atoms with E-state index in [0.717, 1.165) is 22.7 Å². The fourth-order valence-corrected chi connectivity index (χ4v) is 2.46. The molecular weight excluding hydrogens is 302 g/mol. The summed E-state index contributed by atoms with van der Waals surface area (Å²) in [5.74, 6) is 0.670. The zero-order chi connectivity index (χ0) is 16.9. The van der Waals surface area contributed by atoms with E-state index in [2.05, 4.69) is 10.4 Å². The summed E-state index contributed by atoms with van der Waals surface area (Å²) in [5, 5.41) is 7.10. The lowest BCUT2D eigenvalue weighted by molar-refractivity contribution is 0.102. The molecule has 5 nitrogen and oxygen atoms in total. The van der Waals surface area contributed by atoms with E-state index in [4.69, 9.17) is 4.74 Å². The number of ether oxygens (including phenoxy) is 1. The topological polar surface area (TPSA) is 56.1 Å². The number of rotatable bonds is 5. The molecule has 0 spiro atoms. The number of aromatic nitrogens is 2. The lowest BCUT2D eigenvalue weighted by Gasteiger charge is -2.11. The molecule has 0 unspecified atom stereocenters. The van der Waals surface area contributed by atoms with Crippen molar-refractivity contribution in [1.29, 1.82) is 0 Å². The van der Waals surface area contributed by atoms with E-state index in [1.165, 1.54) is 0 Å². The standard InChI is InChI=1S/C19H19N3O2/c1-3-24-18-9-8-16(12-14(18)2)21-19(23)15-6-4-7-17(13-15)22-11-5-10-20-22/h4-13H,3H2,1-2H3,(H,21,23). The fourth-order valence-electron chi connectivity index (χ4n) is 2.46. The second kappa shape index (κ2) is 7.00. The molecule has 3 rings (SSSR count). The number of benzene rings is 2. The molecule has 0 fully saturated rings. The molecule has 1 heterocycles. The van der Waals surface area contributed by atoms with Crippen LogP contribution in [-0.4, -0.2) is 22.3 Å². The molecule has 2 aromatic carbocycles. The van der Waals surface area contributed by atoms with E-state index < -0.39 is 0 Å². The maximum atomic E-state index is 12.5. The predicted molar refractivity (Wildman–Crippen MR) is 93.9 cm³/mol. The summed E-state index contributed by atoms with van der Waals surface area (Å²) in [6.45, 7) is 4.52. The Kier molecular flexibility index (Phi) is 4.61. The quantitative estimate of drug-likeness (QED) is 0.777. The molecule has 0 atom stereocenters. The second-order valence-corrected chi connectivity index (χ2v) is 5.37. The first-order chi connectivity index (χ1) is 11.7. The summed E-state index contributed by atoms with van der Waals surface area (Å²) in [6.07, 6.45) is 3.54. The molecule has 0 radical (unpaired) electrons. The maximum absolute atomic E-state index is 12.5. The highest BCUT2D eigenvalue weighted by atomic mass is 16.5. The summed E-state index contributed by atoms with van der Waals surface area (Å²) < 4.78 is 7.24. The molecule has 1 aromatic heterocycles. The Balaban J connectivity index is 1.78. The Bertz CT molecular complexity index is 842. The summed E-state index contributed by atoms with van der Waals surface area (Å²) in [5.41, 5.74) is 3.15. The third kappa shape index (κ3) is 3.46. The normalized spacial score (nSPS) is 10.4. The first kappa shape index (κ1) is 15.8. The first-order valence-corrected chi connectivity index (χ1v) is 7.82. The van der Waals surface area contributed by atoms with Crippen LogP contribution in [0.15, 0.2) is 60.9 Å². The van der Waals surface area contributed by atoms with Gasteiger partial charge in [-0.15, -0.1) is 0 Å². The largest absolute Gasteiger partial charge is 0.494 e. The van der Waals surface area contributed by atoms with Crippen molar-refractivity contribution in [3.63, 3.8) is 0 Å². The summed E-state index contributed by atoms with van der Waals surface area (Å²) in [4.78, 5) is 12.5. The van der Waals surface area contributed by atoms with Gasteiger partial charge in [0.2, 0.25) is 0 Å². The first-order valence-electron chi connectivity index (χ1n) is 7.82. The second-order valence-electron chi connectivity index (χ2n) is 5.37. The minimum absolute atomic E-state index is 0.160. The monoisotopic (exact) mass is 321 g/mol. The molecule has 3 aromatic rings. The Morgan fingerprint density at radius 2 is 2.08 bits per heavy atom. The number of carbonyl (C=O) groups is 1. The van der Waals surface area contributed by atoms with Crippen molar-refractivity contribution in [2.75, 3.05) is 11.9 Å². The number of nitrogens with zero attached hydrogens (tertiary/aromatic N) is 2. The highest BCUT2D eigenvalue weighted by molar-refractivity contribution is 6.04. The predicted octanol–water partition coefficient (Wildman–Crippen LogP) is 3.83. The molecule has 5 heteroatoms. The van der Waals surface area contributed by atoms with E-state index in [-0.39, 0.29) is 5.91 Å². The minimum Gasteiger partial charge on any atom is -0.494 e. The zero-order valence-electron chi connectivity index (χ0n) is 13.7. The van der Waals surface area contributed by atoms with Gasteiger partial charge in [-0.3, -0.25) is 4.79 Å². The minimum atomic E-state index is -0.160. The van der Waals surface area contributed by atoms with E-state index in [9.17, 15) is 4.79 Å². The Hall–Kier alpha value is -3.08. The van der Waals surface area contributed by atoms with Crippen molar-refractivity contribution in [3.8, 4) is 11.4 Å². The lowest BCUT2D eigenvalue weighted by atomic mass is 10.1.